The molecule has 0 atom stereocenters. The number of anilines is 1. The van der Waals surface area contributed by atoms with Crippen LogP contribution in [0.2, 0.25) is 0 Å². The van der Waals surface area contributed by atoms with E-state index in [2.05, 4.69) is 5.32 Å². The van der Waals surface area contributed by atoms with E-state index in [4.69, 9.17) is 0 Å². The third-order valence-electron chi connectivity index (χ3n) is 4.02. The Morgan fingerprint density at radius 2 is 1.84 bits per heavy atom. The number of nitrogens with zero attached hydrogens (tertiary/aromatic N) is 1. The number of carbonyl (C=O) groups excluding carboxylic acids is 1. The van der Waals surface area contributed by atoms with E-state index in [-0.39, 0.29) is 5.91 Å². The summed E-state index contributed by atoms with van der Waals surface area (Å²) in [6.45, 7) is 0.895. The van der Waals surface area contributed by atoms with Crippen molar-refractivity contribution in [3.8, 4) is 0 Å². The zero-order valence-electron chi connectivity index (χ0n) is 12.0. The zero-order chi connectivity index (χ0) is 13.7. The first-order valence-electron chi connectivity index (χ1n) is 7.24. The fourth-order valence-electron chi connectivity index (χ4n) is 2.84. The van der Waals surface area contributed by atoms with Gasteiger partial charge in [-0.15, -0.1) is 0 Å². The minimum atomic E-state index is 0.133. The maximum atomic E-state index is 12.3. The van der Waals surface area contributed by atoms with Crippen LogP contribution in [0.1, 0.15) is 42.5 Å². The first kappa shape index (κ1) is 13.9. The molecule has 19 heavy (non-hydrogen) atoms. The SMILES string of the molecule is CNc1ccc(C(=O)N(C)CC2CCCCC2)cc1. The van der Waals surface area contributed by atoms with Crippen molar-refractivity contribution in [1.29, 1.82) is 0 Å². The Hall–Kier alpha value is -1.51. The maximum absolute atomic E-state index is 12.3. The second kappa shape index (κ2) is 6.60. The number of hydrogen-bond acceptors (Lipinski definition) is 2. The largest absolute Gasteiger partial charge is 0.388 e. The van der Waals surface area contributed by atoms with E-state index in [0.717, 1.165) is 17.8 Å². The highest BCUT2D eigenvalue weighted by atomic mass is 16.2. The van der Waals surface area contributed by atoms with Crippen LogP contribution in [0, 0.1) is 5.92 Å². The van der Waals surface area contributed by atoms with Gasteiger partial charge in [-0.05, 0) is 43.0 Å². The molecule has 0 unspecified atom stereocenters. The molecule has 1 aliphatic rings. The average Bonchev–Trinajstić information content (AvgIpc) is 2.47. The molecule has 1 aromatic rings. The van der Waals surface area contributed by atoms with Gasteiger partial charge in [0.2, 0.25) is 0 Å². The summed E-state index contributed by atoms with van der Waals surface area (Å²) in [6, 6.07) is 7.68. The molecule has 1 N–H and O–H groups in total. The van der Waals surface area contributed by atoms with Gasteiger partial charge < -0.3 is 10.2 Å². The Kier molecular flexibility index (Phi) is 4.83. The lowest BCUT2D eigenvalue weighted by atomic mass is 9.89. The van der Waals surface area contributed by atoms with E-state index < -0.39 is 0 Å². The Morgan fingerprint density at radius 1 is 1.21 bits per heavy atom. The lowest BCUT2D eigenvalue weighted by Crippen LogP contribution is -2.32. The highest BCUT2D eigenvalue weighted by Crippen LogP contribution is 2.24. The Morgan fingerprint density at radius 3 is 2.42 bits per heavy atom. The number of rotatable bonds is 4. The first-order chi connectivity index (χ1) is 9.20. The number of nitrogens with one attached hydrogen (secondary N) is 1. The summed E-state index contributed by atoms with van der Waals surface area (Å²) in [5.74, 6) is 0.826. The van der Waals surface area contributed by atoms with E-state index in [0.29, 0.717) is 5.92 Å². The number of benzene rings is 1. The van der Waals surface area contributed by atoms with E-state index in [9.17, 15) is 4.79 Å². The summed E-state index contributed by atoms with van der Waals surface area (Å²) in [6.07, 6.45) is 6.55. The van der Waals surface area contributed by atoms with Gasteiger partial charge in [0.1, 0.15) is 0 Å². The summed E-state index contributed by atoms with van der Waals surface area (Å²) < 4.78 is 0. The number of carbonyl (C=O) groups is 1. The van der Waals surface area contributed by atoms with Gasteiger partial charge in [-0.3, -0.25) is 4.79 Å². The van der Waals surface area contributed by atoms with Crippen molar-refractivity contribution in [1.82, 2.24) is 4.90 Å². The average molecular weight is 260 g/mol. The minimum Gasteiger partial charge on any atom is -0.388 e. The quantitative estimate of drug-likeness (QED) is 0.900. The molecule has 0 spiro atoms. The molecule has 0 heterocycles. The van der Waals surface area contributed by atoms with Crippen LogP contribution in [-0.2, 0) is 0 Å². The van der Waals surface area contributed by atoms with Gasteiger partial charge in [0.15, 0.2) is 0 Å². The molecular formula is C16H24N2O. The van der Waals surface area contributed by atoms with Crippen molar-refractivity contribution < 1.29 is 4.79 Å². The first-order valence-corrected chi connectivity index (χ1v) is 7.24. The van der Waals surface area contributed by atoms with Crippen LogP contribution in [0.4, 0.5) is 5.69 Å². The summed E-state index contributed by atoms with van der Waals surface area (Å²) in [7, 11) is 3.80. The number of hydrogen-bond donors (Lipinski definition) is 1. The van der Waals surface area contributed by atoms with Crippen LogP contribution < -0.4 is 5.32 Å². The van der Waals surface area contributed by atoms with Gasteiger partial charge in [-0.1, -0.05) is 19.3 Å². The fraction of sp³-hybridized carbons (Fsp3) is 0.562. The van der Waals surface area contributed by atoms with E-state index in [1.165, 1.54) is 32.1 Å². The van der Waals surface area contributed by atoms with Crippen molar-refractivity contribution in [2.24, 2.45) is 5.92 Å². The molecule has 0 radical (unpaired) electrons. The van der Waals surface area contributed by atoms with Gasteiger partial charge in [0, 0.05) is 31.9 Å². The summed E-state index contributed by atoms with van der Waals surface area (Å²) >= 11 is 0. The van der Waals surface area contributed by atoms with Gasteiger partial charge in [-0.2, -0.15) is 0 Å². The van der Waals surface area contributed by atoms with Crippen molar-refractivity contribution in [3.63, 3.8) is 0 Å². The van der Waals surface area contributed by atoms with Crippen LogP contribution in [0.5, 0.6) is 0 Å². The topological polar surface area (TPSA) is 32.3 Å². The van der Waals surface area contributed by atoms with Gasteiger partial charge in [0.05, 0.1) is 0 Å². The summed E-state index contributed by atoms with van der Waals surface area (Å²) in [5.41, 5.74) is 1.81. The molecular weight excluding hydrogens is 236 g/mol. The molecule has 104 valence electrons. The highest BCUT2D eigenvalue weighted by molar-refractivity contribution is 5.94. The van der Waals surface area contributed by atoms with E-state index in [1.807, 2.05) is 43.3 Å². The molecule has 1 aromatic carbocycles. The molecule has 1 fully saturated rings. The summed E-state index contributed by atoms with van der Waals surface area (Å²) in [4.78, 5) is 14.2. The molecule has 3 nitrogen and oxygen atoms in total. The second-order valence-corrected chi connectivity index (χ2v) is 5.52. The van der Waals surface area contributed by atoms with Crippen molar-refractivity contribution in [2.75, 3.05) is 26.0 Å². The molecule has 1 amide bonds. The standard InChI is InChI=1S/C16H24N2O/c1-17-15-10-8-14(9-11-15)16(19)18(2)12-13-6-4-3-5-7-13/h8-11,13,17H,3-7,12H2,1-2H3. The van der Waals surface area contributed by atoms with E-state index >= 15 is 0 Å². The lowest BCUT2D eigenvalue weighted by Gasteiger charge is -2.27. The molecule has 0 aliphatic heterocycles. The maximum Gasteiger partial charge on any atom is 0.253 e. The van der Waals surface area contributed by atoms with Crippen LogP contribution in [-0.4, -0.2) is 31.4 Å². The van der Waals surface area contributed by atoms with Gasteiger partial charge in [0.25, 0.3) is 5.91 Å². The molecule has 1 saturated carbocycles. The molecule has 0 bridgehead atoms. The number of amides is 1. The van der Waals surface area contributed by atoms with Crippen LogP contribution in [0.3, 0.4) is 0 Å². The molecule has 1 aliphatic carbocycles. The Labute approximate surface area is 116 Å². The van der Waals surface area contributed by atoms with Crippen LogP contribution >= 0.6 is 0 Å². The lowest BCUT2D eigenvalue weighted by molar-refractivity contribution is 0.0760. The van der Waals surface area contributed by atoms with Crippen molar-refractivity contribution >= 4 is 11.6 Å². The highest BCUT2D eigenvalue weighted by Gasteiger charge is 2.19. The molecule has 3 heteroatoms. The van der Waals surface area contributed by atoms with Crippen molar-refractivity contribution in [2.45, 2.75) is 32.1 Å². The second-order valence-electron chi connectivity index (χ2n) is 5.52. The third-order valence-corrected chi connectivity index (χ3v) is 4.02. The molecule has 2 rings (SSSR count). The smallest absolute Gasteiger partial charge is 0.253 e. The van der Waals surface area contributed by atoms with Crippen LogP contribution in [0.15, 0.2) is 24.3 Å². The molecule has 0 saturated heterocycles. The molecule has 0 aromatic heterocycles. The third kappa shape index (κ3) is 3.72. The summed E-state index contributed by atoms with van der Waals surface area (Å²) in [5, 5.41) is 3.06. The van der Waals surface area contributed by atoms with Crippen LogP contribution in [0.25, 0.3) is 0 Å². The normalized spacial score (nSPS) is 16.1. The van der Waals surface area contributed by atoms with E-state index in [1.54, 1.807) is 0 Å². The predicted molar refractivity (Wildman–Crippen MR) is 79.5 cm³/mol. The fourth-order valence-corrected chi connectivity index (χ4v) is 2.84. The monoisotopic (exact) mass is 260 g/mol. The zero-order valence-corrected chi connectivity index (χ0v) is 12.0. The van der Waals surface area contributed by atoms with Gasteiger partial charge in [-0.25, -0.2) is 0 Å². The van der Waals surface area contributed by atoms with Gasteiger partial charge >= 0.3 is 0 Å². The van der Waals surface area contributed by atoms with Crippen molar-refractivity contribution in [3.05, 3.63) is 29.8 Å². The minimum absolute atomic E-state index is 0.133. The Balaban J connectivity index is 1.93. The Bertz CT molecular complexity index is 407. The predicted octanol–water partition coefficient (Wildman–Crippen LogP) is 3.38.